The zero-order valence-corrected chi connectivity index (χ0v) is 21.2. The van der Waals surface area contributed by atoms with Crippen LogP contribution in [0.5, 0.6) is 0 Å². The second-order valence-corrected chi connectivity index (χ2v) is 9.32. The lowest BCUT2D eigenvalue weighted by molar-refractivity contribution is 0.215. The fraction of sp³-hybridized carbons (Fsp3) is 0.357. The Balaban J connectivity index is 1.44. The first kappa shape index (κ1) is 23.8. The first-order valence-electron chi connectivity index (χ1n) is 12.7. The van der Waals surface area contributed by atoms with Crippen LogP contribution in [0.4, 0.5) is 16.3 Å². The van der Waals surface area contributed by atoms with Gasteiger partial charge in [-0.25, -0.2) is 19.4 Å². The van der Waals surface area contributed by atoms with Crippen molar-refractivity contribution in [2.75, 3.05) is 36.4 Å². The van der Waals surface area contributed by atoms with Gasteiger partial charge in [-0.1, -0.05) is 43.3 Å². The van der Waals surface area contributed by atoms with E-state index < -0.39 is 0 Å². The molecule has 0 saturated carbocycles. The van der Waals surface area contributed by atoms with Crippen molar-refractivity contribution in [2.45, 2.75) is 40.0 Å². The van der Waals surface area contributed by atoms with Crippen LogP contribution in [0.2, 0.25) is 0 Å². The summed E-state index contributed by atoms with van der Waals surface area (Å²) in [4.78, 5) is 27.2. The summed E-state index contributed by atoms with van der Waals surface area (Å²) in [7, 11) is 0. The second-order valence-electron chi connectivity index (χ2n) is 9.32. The van der Waals surface area contributed by atoms with Gasteiger partial charge in [0, 0.05) is 38.3 Å². The lowest BCUT2D eigenvalue weighted by Crippen LogP contribution is -2.38. The summed E-state index contributed by atoms with van der Waals surface area (Å²) in [6.45, 7) is 9.02. The molecule has 0 bridgehead atoms. The molecule has 186 valence electrons. The maximum Gasteiger partial charge on any atom is 0.321 e. The number of carbonyl (C=O) groups is 1. The van der Waals surface area contributed by atoms with Crippen LogP contribution in [0.15, 0.2) is 54.6 Å². The van der Waals surface area contributed by atoms with E-state index in [4.69, 9.17) is 15.1 Å². The number of anilines is 2. The molecule has 2 amide bonds. The Morgan fingerprint density at radius 3 is 2.50 bits per heavy atom. The molecule has 8 nitrogen and oxygen atoms in total. The summed E-state index contributed by atoms with van der Waals surface area (Å²) < 4.78 is 1.93. The number of urea groups is 1. The van der Waals surface area contributed by atoms with Gasteiger partial charge in [0.25, 0.3) is 0 Å². The van der Waals surface area contributed by atoms with E-state index >= 15 is 0 Å². The minimum absolute atomic E-state index is 0.0567. The highest BCUT2D eigenvalue weighted by Gasteiger charge is 2.25. The van der Waals surface area contributed by atoms with E-state index in [0.717, 1.165) is 71.1 Å². The number of aryl methyl sites for hydroxylation is 3. The third kappa shape index (κ3) is 4.76. The molecule has 8 heteroatoms. The summed E-state index contributed by atoms with van der Waals surface area (Å²) in [6.07, 6.45) is 2.64. The van der Waals surface area contributed by atoms with Crippen LogP contribution >= 0.6 is 0 Å². The topological polar surface area (TPSA) is 79.2 Å². The van der Waals surface area contributed by atoms with Gasteiger partial charge in [0.1, 0.15) is 11.6 Å². The molecule has 5 rings (SSSR count). The molecule has 1 saturated heterocycles. The van der Waals surface area contributed by atoms with E-state index in [1.165, 1.54) is 0 Å². The van der Waals surface area contributed by atoms with Gasteiger partial charge in [0.05, 0.1) is 16.8 Å². The fourth-order valence-electron chi connectivity index (χ4n) is 4.76. The molecule has 0 spiro atoms. The number of rotatable bonds is 5. The minimum Gasteiger partial charge on any atom is -0.354 e. The molecule has 1 aliphatic rings. The highest BCUT2D eigenvalue weighted by atomic mass is 16.2. The predicted molar refractivity (Wildman–Crippen MR) is 144 cm³/mol. The van der Waals surface area contributed by atoms with E-state index in [1.54, 1.807) is 0 Å². The molecular weight excluding hydrogens is 450 g/mol. The average molecular weight is 484 g/mol. The normalized spacial score (nSPS) is 14.2. The van der Waals surface area contributed by atoms with Gasteiger partial charge >= 0.3 is 6.03 Å². The molecular formula is C28H33N7O. The Hall–Kier alpha value is -3.94. The number of nitrogens with one attached hydrogen (secondary N) is 1. The average Bonchev–Trinajstić information content (AvgIpc) is 3.05. The Morgan fingerprint density at radius 1 is 0.944 bits per heavy atom. The minimum atomic E-state index is -0.0567. The first-order valence-corrected chi connectivity index (χ1v) is 12.7. The summed E-state index contributed by atoms with van der Waals surface area (Å²) in [6, 6.07) is 17.9. The van der Waals surface area contributed by atoms with E-state index in [-0.39, 0.29) is 6.03 Å². The lowest BCUT2D eigenvalue weighted by Gasteiger charge is -2.24. The van der Waals surface area contributed by atoms with E-state index in [0.29, 0.717) is 19.6 Å². The van der Waals surface area contributed by atoms with Crippen LogP contribution in [-0.2, 0) is 6.42 Å². The van der Waals surface area contributed by atoms with Gasteiger partial charge in [0.2, 0.25) is 0 Å². The monoisotopic (exact) mass is 483 g/mol. The number of benzene rings is 2. The summed E-state index contributed by atoms with van der Waals surface area (Å²) in [5, 5.41) is 8.91. The van der Waals surface area contributed by atoms with Crippen LogP contribution in [0.25, 0.3) is 16.7 Å². The molecule has 0 aliphatic carbocycles. The maximum atomic E-state index is 13.0. The lowest BCUT2D eigenvalue weighted by atomic mass is 10.2. The Kier molecular flexibility index (Phi) is 6.84. The first-order chi connectivity index (χ1) is 17.5. The fourth-order valence-corrected chi connectivity index (χ4v) is 4.76. The van der Waals surface area contributed by atoms with Gasteiger partial charge in [-0.05, 0) is 50.5 Å². The summed E-state index contributed by atoms with van der Waals surface area (Å²) >= 11 is 0. The van der Waals surface area contributed by atoms with E-state index in [9.17, 15) is 4.79 Å². The number of carbonyl (C=O) groups excluding carboxylic acids is 1. The number of hydrogen-bond donors (Lipinski definition) is 1. The van der Waals surface area contributed by atoms with Crippen molar-refractivity contribution < 1.29 is 4.79 Å². The van der Waals surface area contributed by atoms with E-state index in [2.05, 4.69) is 17.1 Å². The van der Waals surface area contributed by atoms with Crippen molar-refractivity contribution in [2.24, 2.45) is 0 Å². The van der Waals surface area contributed by atoms with Gasteiger partial charge in [-0.2, -0.15) is 5.10 Å². The summed E-state index contributed by atoms with van der Waals surface area (Å²) in [5.74, 6) is 1.75. The van der Waals surface area contributed by atoms with Gasteiger partial charge in [-0.15, -0.1) is 0 Å². The largest absolute Gasteiger partial charge is 0.354 e. The molecule has 4 aromatic rings. The van der Waals surface area contributed by atoms with Gasteiger partial charge < -0.3 is 15.1 Å². The van der Waals surface area contributed by atoms with Crippen molar-refractivity contribution in [3.05, 3.63) is 71.7 Å². The van der Waals surface area contributed by atoms with Gasteiger partial charge in [0.15, 0.2) is 5.65 Å². The van der Waals surface area contributed by atoms with Crippen LogP contribution in [-0.4, -0.2) is 56.9 Å². The molecule has 1 fully saturated rings. The number of aromatic nitrogens is 4. The Bertz CT molecular complexity index is 1370. The van der Waals surface area contributed by atoms with Crippen molar-refractivity contribution >= 4 is 28.6 Å². The number of para-hydroxylation sites is 2. The maximum absolute atomic E-state index is 13.0. The van der Waals surface area contributed by atoms with Crippen LogP contribution < -0.4 is 10.2 Å². The smallest absolute Gasteiger partial charge is 0.321 e. The van der Waals surface area contributed by atoms with Crippen molar-refractivity contribution in [3.63, 3.8) is 0 Å². The zero-order chi connectivity index (χ0) is 25.1. The van der Waals surface area contributed by atoms with E-state index in [1.807, 2.05) is 78.0 Å². The van der Waals surface area contributed by atoms with Crippen molar-refractivity contribution in [1.82, 2.24) is 24.6 Å². The number of hydrogen-bond acceptors (Lipinski definition) is 5. The predicted octanol–water partition coefficient (Wildman–Crippen LogP) is 5.13. The third-order valence-corrected chi connectivity index (χ3v) is 6.67. The molecule has 36 heavy (non-hydrogen) atoms. The number of fused-ring (bicyclic) bond motifs is 1. The molecule has 1 aliphatic heterocycles. The molecule has 1 N–H and O–H groups in total. The number of nitrogens with zero attached hydrogens (tertiary/aromatic N) is 6. The Morgan fingerprint density at radius 2 is 1.72 bits per heavy atom. The van der Waals surface area contributed by atoms with Crippen LogP contribution in [0.1, 0.15) is 36.8 Å². The molecule has 2 aromatic heterocycles. The molecule has 0 radical (unpaired) electrons. The SMILES string of the molecule is CCCc1nc(N2CCCN(C(=O)Nc3ccccc3C)CC2)c2c(C)nn(-c3ccccc3)c2n1. The molecule has 3 heterocycles. The summed E-state index contributed by atoms with van der Waals surface area (Å²) in [5.41, 5.74) is 4.64. The molecule has 2 aromatic carbocycles. The van der Waals surface area contributed by atoms with Crippen molar-refractivity contribution in [3.8, 4) is 5.69 Å². The van der Waals surface area contributed by atoms with Crippen LogP contribution in [0.3, 0.4) is 0 Å². The molecule has 0 atom stereocenters. The highest BCUT2D eigenvalue weighted by Crippen LogP contribution is 2.30. The molecule has 0 unspecified atom stereocenters. The Labute approximate surface area is 212 Å². The van der Waals surface area contributed by atoms with Crippen molar-refractivity contribution in [1.29, 1.82) is 0 Å². The third-order valence-electron chi connectivity index (χ3n) is 6.67. The van der Waals surface area contributed by atoms with Crippen LogP contribution in [0, 0.1) is 13.8 Å². The number of amides is 2. The second kappa shape index (κ2) is 10.4. The quantitative estimate of drug-likeness (QED) is 0.426. The van der Waals surface area contributed by atoms with Gasteiger partial charge in [-0.3, -0.25) is 0 Å². The highest BCUT2D eigenvalue weighted by molar-refractivity contribution is 5.92. The zero-order valence-electron chi connectivity index (χ0n) is 21.2. The standard InChI is InChI=1S/C28H33N7O/c1-4-11-24-30-26(25-21(3)32-35(27(25)31-24)22-13-6-5-7-14-22)33-16-10-17-34(19-18-33)28(36)29-23-15-9-8-12-20(23)2/h5-9,12-15H,4,10-11,16-19H2,1-3H3,(H,29,36).